The van der Waals surface area contributed by atoms with Crippen LogP contribution in [0.25, 0.3) is 0 Å². The minimum Gasteiger partial charge on any atom is -0.336 e. The molecule has 2 aliphatic rings. The predicted molar refractivity (Wildman–Crippen MR) is 71.9 cm³/mol. The van der Waals surface area contributed by atoms with Gasteiger partial charge < -0.3 is 14.4 Å². The van der Waals surface area contributed by atoms with E-state index in [1.165, 1.54) is 0 Å². The normalized spacial score (nSPS) is 20.3. The summed E-state index contributed by atoms with van der Waals surface area (Å²) in [6, 6.07) is 7.78. The molecule has 1 aromatic carbocycles. The molecule has 4 heteroatoms. The number of benzene rings is 1. The maximum absolute atomic E-state index is 12.7. The summed E-state index contributed by atoms with van der Waals surface area (Å²) in [4.78, 5) is 14.5. The second-order valence-corrected chi connectivity index (χ2v) is 4.99. The summed E-state index contributed by atoms with van der Waals surface area (Å²) in [5.41, 5.74) is 1.79. The third kappa shape index (κ3) is 1.86. The molecular weight excluding hydrogens is 242 g/mol. The fraction of sp³-hybridized carbons (Fsp3) is 0.533. The van der Waals surface area contributed by atoms with Gasteiger partial charge in [0.05, 0.1) is 18.9 Å². The van der Waals surface area contributed by atoms with Crippen molar-refractivity contribution >= 4 is 11.6 Å². The molecule has 1 aromatic rings. The van der Waals surface area contributed by atoms with Gasteiger partial charge in [0.2, 0.25) is 0 Å². The van der Waals surface area contributed by atoms with Gasteiger partial charge in [-0.2, -0.15) is 0 Å². The highest BCUT2D eigenvalue weighted by atomic mass is 16.7. The molecule has 0 radical (unpaired) electrons. The highest BCUT2D eigenvalue weighted by molar-refractivity contribution is 6.06. The van der Waals surface area contributed by atoms with E-state index in [9.17, 15) is 4.79 Å². The number of rotatable bonds is 4. The first kappa shape index (κ1) is 12.6. The van der Waals surface area contributed by atoms with E-state index in [1.54, 1.807) is 0 Å². The third-order valence-electron chi connectivity index (χ3n) is 3.76. The first-order valence-corrected chi connectivity index (χ1v) is 6.99. The molecule has 1 saturated heterocycles. The molecule has 0 atom stereocenters. The Kier molecular flexibility index (Phi) is 3.29. The average Bonchev–Trinajstić information content (AvgIpc) is 3.01. The fourth-order valence-electron chi connectivity index (χ4n) is 2.82. The molecule has 1 spiro atoms. The maximum atomic E-state index is 12.7. The molecule has 0 aliphatic carbocycles. The number of carbonyl (C=O) groups excluding carboxylic acids is 1. The monoisotopic (exact) mass is 261 g/mol. The van der Waals surface area contributed by atoms with Gasteiger partial charge in [-0.15, -0.1) is 0 Å². The summed E-state index contributed by atoms with van der Waals surface area (Å²) < 4.78 is 11.3. The van der Waals surface area contributed by atoms with Crippen molar-refractivity contribution in [2.75, 3.05) is 24.7 Å². The van der Waals surface area contributed by atoms with Gasteiger partial charge in [0, 0.05) is 12.1 Å². The first-order valence-electron chi connectivity index (χ1n) is 6.99. The second-order valence-electron chi connectivity index (χ2n) is 4.99. The van der Waals surface area contributed by atoms with Gasteiger partial charge >= 0.3 is 0 Å². The number of fused-ring (bicyclic) bond motifs is 2. The standard InChI is InChI=1S/C15H19NO3/c1-2-3-6-9-16-13-8-5-4-7-12(13)15(14(16)17)18-10-11-19-15/h4-5,7-8H,2-3,6,9-11H2,1H3. The number of anilines is 1. The summed E-state index contributed by atoms with van der Waals surface area (Å²) in [7, 11) is 0. The van der Waals surface area contributed by atoms with Crippen LogP contribution in [0.15, 0.2) is 24.3 Å². The zero-order valence-electron chi connectivity index (χ0n) is 11.2. The molecule has 0 saturated carbocycles. The summed E-state index contributed by atoms with van der Waals surface area (Å²) >= 11 is 0. The highest BCUT2D eigenvalue weighted by Crippen LogP contribution is 2.45. The molecule has 102 valence electrons. The minimum atomic E-state index is -1.16. The number of hydrogen-bond acceptors (Lipinski definition) is 3. The molecule has 2 aliphatic heterocycles. The Morgan fingerprint density at radius 2 is 1.95 bits per heavy atom. The van der Waals surface area contributed by atoms with Crippen molar-refractivity contribution in [3.63, 3.8) is 0 Å². The smallest absolute Gasteiger partial charge is 0.292 e. The number of ether oxygens (including phenoxy) is 2. The quantitative estimate of drug-likeness (QED) is 0.781. The lowest BCUT2D eigenvalue weighted by molar-refractivity contribution is -0.180. The minimum absolute atomic E-state index is 0.0673. The summed E-state index contributed by atoms with van der Waals surface area (Å²) in [6.07, 6.45) is 3.27. The lowest BCUT2D eigenvalue weighted by Gasteiger charge is -2.22. The zero-order chi connectivity index (χ0) is 13.3. The topological polar surface area (TPSA) is 38.8 Å². The second kappa shape index (κ2) is 4.94. The molecule has 0 bridgehead atoms. The van der Waals surface area contributed by atoms with Crippen LogP contribution in [0, 0.1) is 0 Å². The van der Waals surface area contributed by atoms with Crippen molar-refractivity contribution in [3.05, 3.63) is 29.8 Å². The fourth-order valence-corrected chi connectivity index (χ4v) is 2.82. The van der Waals surface area contributed by atoms with E-state index in [0.29, 0.717) is 13.2 Å². The third-order valence-corrected chi connectivity index (χ3v) is 3.76. The molecule has 1 fully saturated rings. The van der Waals surface area contributed by atoms with Crippen LogP contribution in [0.1, 0.15) is 31.7 Å². The largest absolute Gasteiger partial charge is 0.336 e. The molecule has 3 rings (SSSR count). The van der Waals surface area contributed by atoms with Crippen LogP contribution >= 0.6 is 0 Å². The number of unbranched alkanes of at least 4 members (excludes halogenated alkanes) is 2. The average molecular weight is 261 g/mol. The molecule has 0 unspecified atom stereocenters. The van der Waals surface area contributed by atoms with Gasteiger partial charge in [-0.1, -0.05) is 38.0 Å². The van der Waals surface area contributed by atoms with Gasteiger partial charge in [-0.3, -0.25) is 4.79 Å². The summed E-state index contributed by atoms with van der Waals surface area (Å²) in [5.74, 6) is -1.23. The number of amides is 1. The Morgan fingerprint density at radius 1 is 1.21 bits per heavy atom. The number of nitrogens with zero attached hydrogens (tertiary/aromatic N) is 1. The molecule has 2 heterocycles. The van der Waals surface area contributed by atoms with E-state index in [2.05, 4.69) is 6.92 Å². The Morgan fingerprint density at radius 3 is 2.68 bits per heavy atom. The molecule has 4 nitrogen and oxygen atoms in total. The van der Waals surface area contributed by atoms with E-state index >= 15 is 0 Å². The van der Waals surface area contributed by atoms with E-state index in [0.717, 1.165) is 37.1 Å². The van der Waals surface area contributed by atoms with Crippen LogP contribution in [0.3, 0.4) is 0 Å². The van der Waals surface area contributed by atoms with Crippen LogP contribution < -0.4 is 4.90 Å². The van der Waals surface area contributed by atoms with Crippen molar-refractivity contribution in [2.24, 2.45) is 0 Å². The van der Waals surface area contributed by atoms with Crippen LogP contribution in [0.5, 0.6) is 0 Å². The van der Waals surface area contributed by atoms with Gasteiger partial charge in [0.1, 0.15) is 0 Å². The van der Waals surface area contributed by atoms with Crippen molar-refractivity contribution in [1.29, 1.82) is 0 Å². The van der Waals surface area contributed by atoms with Gasteiger partial charge in [-0.25, -0.2) is 0 Å². The number of carbonyl (C=O) groups is 1. The van der Waals surface area contributed by atoms with Crippen LogP contribution in [-0.2, 0) is 20.1 Å². The van der Waals surface area contributed by atoms with E-state index in [1.807, 2.05) is 29.2 Å². The highest BCUT2D eigenvalue weighted by Gasteiger charge is 2.55. The lowest BCUT2D eigenvalue weighted by Crippen LogP contribution is -2.41. The van der Waals surface area contributed by atoms with Crippen LogP contribution in [0.4, 0.5) is 5.69 Å². The zero-order valence-corrected chi connectivity index (χ0v) is 11.2. The Labute approximate surface area is 113 Å². The summed E-state index contributed by atoms with van der Waals surface area (Å²) in [6.45, 7) is 3.84. The van der Waals surface area contributed by atoms with Crippen molar-refractivity contribution in [3.8, 4) is 0 Å². The molecular formula is C15H19NO3. The first-order chi connectivity index (χ1) is 9.29. The van der Waals surface area contributed by atoms with E-state index < -0.39 is 5.79 Å². The van der Waals surface area contributed by atoms with E-state index in [-0.39, 0.29) is 5.91 Å². The lowest BCUT2D eigenvalue weighted by atomic mass is 10.1. The van der Waals surface area contributed by atoms with Crippen molar-refractivity contribution in [2.45, 2.75) is 32.0 Å². The van der Waals surface area contributed by atoms with E-state index in [4.69, 9.17) is 9.47 Å². The molecule has 19 heavy (non-hydrogen) atoms. The number of hydrogen-bond donors (Lipinski definition) is 0. The number of para-hydroxylation sites is 1. The van der Waals surface area contributed by atoms with Crippen molar-refractivity contribution in [1.82, 2.24) is 0 Å². The molecule has 0 N–H and O–H groups in total. The SMILES string of the molecule is CCCCCN1C(=O)C2(OCCO2)c2ccccc21. The molecule has 1 amide bonds. The maximum Gasteiger partial charge on any atom is 0.292 e. The molecule has 0 aromatic heterocycles. The predicted octanol–water partition coefficient (Wildman–Crippen LogP) is 2.42. The van der Waals surface area contributed by atoms with Crippen molar-refractivity contribution < 1.29 is 14.3 Å². The Hall–Kier alpha value is -1.39. The van der Waals surface area contributed by atoms with Crippen LogP contribution in [-0.4, -0.2) is 25.7 Å². The summed E-state index contributed by atoms with van der Waals surface area (Å²) in [5, 5.41) is 0. The van der Waals surface area contributed by atoms with Crippen LogP contribution in [0.2, 0.25) is 0 Å². The van der Waals surface area contributed by atoms with Gasteiger partial charge in [0.15, 0.2) is 0 Å². The Bertz CT molecular complexity index is 480. The van der Waals surface area contributed by atoms with Gasteiger partial charge in [0.25, 0.3) is 11.7 Å². The Balaban J connectivity index is 1.93. The van der Waals surface area contributed by atoms with Gasteiger partial charge in [-0.05, 0) is 12.5 Å².